The van der Waals surface area contributed by atoms with Crippen LogP contribution >= 0.6 is 0 Å². The van der Waals surface area contributed by atoms with E-state index in [2.05, 4.69) is 12.2 Å². The van der Waals surface area contributed by atoms with Crippen molar-refractivity contribution < 1.29 is 38.5 Å². The van der Waals surface area contributed by atoms with Gasteiger partial charge >= 0.3 is 5.97 Å². The highest BCUT2D eigenvalue weighted by Crippen LogP contribution is 2.31. The second-order valence-corrected chi connectivity index (χ2v) is 12.7. The van der Waals surface area contributed by atoms with Gasteiger partial charge in [-0.3, -0.25) is 19.2 Å². The number of esters is 1. The number of aliphatic hydroxyl groups is 1. The number of rotatable bonds is 10. The maximum atomic E-state index is 13.8. The number of Topliss-reactive ketones (excluding diaryl/α,β-unsaturated/α-hetero) is 1. The van der Waals surface area contributed by atoms with Gasteiger partial charge in [0.1, 0.15) is 6.10 Å². The number of nitrogens with one attached hydrogen (secondary N) is 1. The van der Waals surface area contributed by atoms with Crippen molar-refractivity contribution in [3.8, 4) is 0 Å². The summed E-state index contributed by atoms with van der Waals surface area (Å²) in [6, 6.07) is 0. The number of allylic oxidation sites excluding steroid dienone is 5. The molecule has 2 aliphatic rings. The topological polar surface area (TPSA) is 128 Å². The van der Waals surface area contributed by atoms with Crippen LogP contribution in [0.2, 0.25) is 0 Å². The van der Waals surface area contributed by atoms with Gasteiger partial charge in [0, 0.05) is 49.9 Å². The lowest BCUT2D eigenvalue weighted by Gasteiger charge is -2.30. The molecule has 0 saturated carbocycles. The van der Waals surface area contributed by atoms with Gasteiger partial charge in [-0.2, -0.15) is 0 Å². The number of hydrogen-bond acceptors (Lipinski definition) is 8. The molecule has 0 aromatic heterocycles. The molecule has 1 amide bonds. The predicted octanol–water partition coefficient (Wildman–Crippen LogP) is 6.02. The first-order valence-corrected chi connectivity index (χ1v) is 16.6. The minimum atomic E-state index is -0.903. The molecule has 256 valence electrons. The van der Waals surface area contributed by atoms with E-state index in [0.29, 0.717) is 41.6 Å². The average molecular weight is 642 g/mol. The molecular formula is C37H55NO8. The fraction of sp³-hybridized carbons (Fsp3) is 0.622. The van der Waals surface area contributed by atoms with Gasteiger partial charge in [0.25, 0.3) is 5.91 Å². The molecule has 6 atom stereocenters. The smallest absolute Gasteiger partial charge is 0.303 e. The van der Waals surface area contributed by atoms with Crippen molar-refractivity contribution in [2.75, 3.05) is 14.2 Å². The molecule has 0 fully saturated rings. The van der Waals surface area contributed by atoms with Crippen LogP contribution < -0.4 is 5.32 Å². The lowest BCUT2D eigenvalue weighted by atomic mass is 9.82. The Balaban J connectivity index is 2.54. The fourth-order valence-corrected chi connectivity index (χ4v) is 6.05. The van der Waals surface area contributed by atoms with E-state index < -0.39 is 36.3 Å². The number of carbonyl (C=O) groups excluding carboxylic acids is 4. The molecule has 2 bridgehead atoms. The van der Waals surface area contributed by atoms with Gasteiger partial charge < -0.3 is 24.6 Å². The van der Waals surface area contributed by atoms with E-state index in [9.17, 15) is 24.3 Å². The quantitative estimate of drug-likeness (QED) is 0.128. The number of methoxy groups -OCH3 is 2. The third-order valence-corrected chi connectivity index (χ3v) is 8.74. The Morgan fingerprint density at radius 3 is 2.33 bits per heavy atom. The standard InChI is InChI=1S/C37H55NO8/c1-9-10-11-12-13-14-17-28-29-19-23(2)20-33(45-8)34(41)25(4)21-26(5)36(46-27(6)39)32(44-7)18-15-16-24(3)37(43)38-30(35(29)42)22-31(28)40/h15-16,18,21-23,25,32-34,36,41H,9-14,17,19-20H2,1-8H3,(H,38,43)/b18-15-,24-16+,26-21+/t23-,25+,32?,33+,34-,36+/m1/s1. The Morgan fingerprint density at radius 2 is 1.70 bits per heavy atom. The zero-order valence-corrected chi connectivity index (χ0v) is 29.0. The number of carbonyl (C=O) groups is 4. The summed E-state index contributed by atoms with van der Waals surface area (Å²) in [6.45, 7) is 10.7. The molecule has 0 radical (unpaired) electrons. The van der Waals surface area contributed by atoms with Gasteiger partial charge in [0.15, 0.2) is 11.9 Å². The fourth-order valence-electron chi connectivity index (χ4n) is 6.05. The first-order valence-electron chi connectivity index (χ1n) is 16.6. The summed E-state index contributed by atoms with van der Waals surface area (Å²) in [5, 5.41) is 14.0. The Bertz CT molecular complexity index is 1240. The van der Waals surface area contributed by atoms with Crippen LogP contribution in [0.3, 0.4) is 0 Å². The van der Waals surface area contributed by atoms with Crippen LogP contribution in [0, 0.1) is 11.8 Å². The first kappa shape index (κ1) is 39.0. The van der Waals surface area contributed by atoms with Gasteiger partial charge in [-0.25, -0.2) is 0 Å². The minimum Gasteiger partial charge on any atom is -0.455 e. The summed E-state index contributed by atoms with van der Waals surface area (Å²) in [7, 11) is 3.03. The number of ketones is 2. The van der Waals surface area contributed by atoms with Crippen molar-refractivity contribution in [2.24, 2.45) is 11.8 Å². The number of hydrogen-bond donors (Lipinski definition) is 2. The summed E-state index contributed by atoms with van der Waals surface area (Å²) in [4.78, 5) is 52.4. The Kier molecular flexibility index (Phi) is 16.6. The predicted molar refractivity (Wildman–Crippen MR) is 179 cm³/mol. The Hall–Kier alpha value is -3.14. The highest BCUT2D eigenvalue weighted by Gasteiger charge is 2.33. The molecule has 46 heavy (non-hydrogen) atoms. The maximum absolute atomic E-state index is 13.8. The molecule has 1 heterocycles. The third-order valence-electron chi connectivity index (χ3n) is 8.74. The largest absolute Gasteiger partial charge is 0.455 e. The lowest BCUT2D eigenvalue weighted by molar-refractivity contribution is -0.149. The highest BCUT2D eigenvalue weighted by atomic mass is 16.6. The van der Waals surface area contributed by atoms with Gasteiger partial charge in [-0.1, -0.05) is 77.2 Å². The van der Waals surface area contributed by atoms with Crippen LogP contribution in [-0.4, -0.2) is 67.2 Å². The van der Waals surface area contributed by atoms with Gasteiger partial charge in [0.05, 0.1) is 17.9 Å². The van der Waals surface area contributed by atoms with Crippen LogP contribution in [0.25, 0.3) is 0 Å². The molecule has 0 aromatic carbocycles. The van der Waals surface area contributed by atoms with Crippen molar-refractivity contribution in [1.29, 1.82) is 0 Å². The van der Waals surface area contributed by atoms with Crippen LogP contribution in [0.5, 0.6) is 0 Å². The second kappa shape index (κ2) is 19.5. The van der Waals surface area contributed by atoms with E-state index in [1.165, 1.54) is 33.6 Å². The van der Waals surface area contributed by atoms with Crippen molar-refractivity contribution >= 4 is 23.4 Å². The van der Waals surface area contributed by atoms with E-state index >= 15 is 0 Å². The third kappa shape index (κ3) is 11.6. The SMILES string of the molecule is CCCCCCCCC1=C2C[C@@H](C)C[C@H](OC)[C@H](O)[C@@H](C)/C=C(\C)[C@H](OC(C)=O)C(OC)/C=C\C=C(/C)C(=O)NC(=CC1=O)C2=O. The van der Waals surface area contributed by atoms with E-state index in [-0.39, 0.29) is 29.1 Å². The van der Waals surface area contributed by atoms with Crippen LogP contribution in [0.1, 0.15) is 99.3 Å². The van der Waals surface area contributed by atoms with Crippen molar-refractivity contribution in [3.05, 3.63) is 58.4 Å². The molecule has 1 aliphatic carbocycles. The summed E-state index contributed by atoms with van der Waals surface area (Å²) >= 11 is 0. The van der Waals surface area contributed by atoms with E-state index in [0.717, 1.165) is 32.1 Å². The molecule has 1 unspecified atom stereocenters. The molecule has 0 spiro atoms. The number of fused-ring (bicyclic) bond motifs is 2. The normalized spacial score (nSPS) is 30.1. The van der Waals surface area contributed by atoms with Crippen molar-refractivity contribution in [1.82, 2.24) is 5.32 Å². The van der Waals surface area contributed by atoms with Crippen LogP contribution in [0.15, 0.2) is 58.4 Å². The summed E-state index contributed by atoms with van der Waals surface area (Å²) in [5.74, 6) is -2.12. The minimum absolute atomic E-state index is 0.0417. The number of ether oxygens (including phenoxy) is 3. The monoisotopic (exact) mass is 641 g/mol. The maximum Gasteiger partial charge on any atom is 0.303 e. The summed E-state index contributed by atoms with van der Waals surface area (Å²) in [6.07, 6.45) is 12.6. The van der Waals surface area contributed by atoms with Crippen LogP contribution in [-0.2, 0) is 33.4 Å². The molecule has 2 N–H and O–H groups in total. The van der Waals surface area contributed by atoms with Crippen LogP contribution in [0.4, 0.5) is 0 Å². The van der Waals surface area contributed by atoms with Crippen molar-refractivity contribution in [2.45, 2.75) is 124 Å². The van der Waals surface area contributed by atoms with Gasteiger partial charge in [-0.05, 0) is 51.0 Å². The zero-order chi connectivity index (χ0) is 34.4. The van der Waals surface area contributed by atoms with E-state index in [1.54, 1.807) is 25.2 Å². The number of aliphatic hydroxyl groups excluding tert-OH is 1. The summed E-state index contributed by atoms with van der Waals surface area (Å²) in [5.41, 5.74) is 1.88. The molecule has 9 heteroatoms. The first-order chi connectivity index (χ1) is 21.8. The lowest BCUT2D eigenvalue weighted by Crippen LogP contribution is -2.36. The average Bonchev–Trinajstić information content (AvgIpc) is 3.01. The van der Waals surface area contributed by atoms with Gasteiger partial charge in [0.2, 0.25) is 5.78 Å². The Morgan fingerprint density at radius 1 is 1.02 bits per heavy atom. The molecule has 0 aromatic rings. The molecule has 2 rings (SSSR count). The zero-order valence-electron chi connectivity index (χ0n) is 29.0. The number of amides is 1. The summed E-state index contributed by atoms with van der Waals surface area (Å²) < 4.78 is 17.0. The second-order valence-electron chi connectivity index (χ2n) is 12.7. The molecule has 9 nitrogen and oxygen atoms in total. The molecular weight excluding hydrogens is 586 g/mol. The highest BCUT2D eigenvalue weighted by molar-refractivity contribution is 6.23. The molecule has 1 aliphatic heterocycles. The van der Waals surface area contributed by atoms with E-state index in [4.69, 9.17) is 14.2 Å². The molecule has 0 saturated heterocycles. The van der Waals surface area contributed by atoms with E-state index in [1.807, 2.05) is 26.8 Å². The number of unbranched alkanes of at least 4 members (excludes halogenated alkanes) is 5. The van der Waals surface area contributed by atoms with Gasteiger partial charge in [-0.15, -0.1) is 0 Å². The Labute approximate surface area is 275 Å². The van der Waals surface area contributed by atoms with Crippen molar-refractivity contribution in [3.63, 3.8) is 0 Å².